The molecule has 0 aliphatic carbocycles. The lowest BCUT2D eigenvalue weighted by atomic mass is 9.80. The van der Waals surface area contributed by atoms with Crippen LogP contribution in [0.4, 0.5) is 5.69 Å². The van der Waals surface area contributed by atoms with Crippen LogP contribution in [0.25, 0.3) is 16.7 Å². The minimum Gasteiger partial charge on any atom is -0.496 e. The molecule has 2 aliphatic heterocycles. The molecule has 6 nitrogen and oxygen atoms in total. The number of allylic oxidation sites excluding steroid dienone is 1. The van der Waals surface area contributed by atoms with Crippen LogP contribution in [-0.4, -0.2) is 33.9 Å². The molecule has 2 aliphatic rings. The van der Waals surface area contributed by atoms with Gasteiger partial charge in [0.15, 0.2) is 6.10 Å². The number of rotatable bonds is 6. The Morgan fingerprint density at radius 3 is 2.58 bits per heavy atom. The summed E-state index contributed by atoms with van der Waals surface area (Å²) in [6, 6.07) is 18.2. The molecule has 3 aromatic rings. The highest BCUT2D eigenvalue weighted by molar-refractivity contribution is 7.85. The summed E-state index contributed by atoms with van der Waals surface area (Å²) in [4.78, 5) is 0. The van der Waals surface area contributed by atoms with Gasteiger partial charge in [0, 0.05) is 16.8 Å². The van der Waals surface area contributed by atoms with Gasteiger partial charge in [-0.3, -0.25) is 4.18 Å². The minimum atomic E-state index is -3.48. The summed E-state index contributed by atoms with van der Waals surface area (Å²) in [7, 11) is -1.80. The Labute approximate surface area is 213 Å². The Kier molecular flexibility index (Phi) is 6.09. The molecular formula is C29H31NO5S. The molecular weight excluding hydrogens is 474 g/mol. The van der Waals surface area contributed by atoms with E-state index in [4.69, 9.17) is 13.7 Å². The van der Waals surface area contributed by atoms with E-state index in [9.17, 15) is 8.42 Å². The fraction of sp³-hybridized carbons (Fsp3) is 0.310. The Hall–Kier alpha value is -3.29. The molecule has 5 rings (SSSR count). The molecule has 0 radical (unpaired) electrons. The van der Waals surface area contributed by atoms with Gasteiger partial charge in [0.25, 0.3) is 10.1 Å². The molecule has 2 heterocycles. The molecule has 1 N–H and O–H groups in total. The van der Waals surface area contributed by atoms with Crippen LogP contribution in [-0.2, 0) is 20.7 Å². The molecule has 1 unspecified atom stereocenters. The van der Waals surface area contributed by atoms with E-state index < -0.39 is 10.1 Å². The second kappa shape index (κ2) is 8.98. The summed E-state index contributed by atoms with van der Waals surface area (Å²) in [6.45, 7) is 6.57. The summed E-state index contributed by atoms with van der Waals surface area (Å²) in [5, 5.41) is 3.66. The van der Waals surface area contributed by atoms with E-state index >= 15 is 0 Å². The highest BCUT2D eigenvalue weighted by atomic mass is 32.2. The molecule has 0 fully saturated rings. The molecule has 7 heteroatoms. The first kappa shape index (κ1) is 24.4. The summed E-state index contributed by atoms with van der Waals surface area (Å²) in [5.41, 5.74) is 8.33. The van der Waals surface area contributed by atoms with Gasteiger partial charge in [-0.2, -0.15) is 8.42 Å². The monoisotopic (exact) mass is 505 g/mol. The predicted octanol–water partition coefficient (Wildman–Crippen LogP) is 5.97. The SMILES string of the molecule is COc1cccc2c1-c1ccc3c(c1C(c1cccc(CCOS(C)(=O)=O)c1)O2)C(C)=CC(C)(C)N3. The molecule has 1 atom stereocenters. The zero-order valence-electron chi connectivity index (χ0n) is 21.2. The highest BCUT2D eigenvalue weighted by Crippen LogP contribution is 2.53. The van der Waals surface area contributed by atoms with E-state index in [0.29, 0.717) is 6.42 Å². The smallest absolute Gasteiger partial charge is 0.264 e. The van der Waals surface area contributed by atoms with Crippen molar-refractivity contribution in [2.24, 2.45) is 0 Å². The fourth-order valence-electron chi connectivity index (χ4n) is 5.32. The largest absolute Gasteiger partial charge is 0.496 e. The molecule has 0 amide bonds. The van der Waals surface area contributed by atoms with Gasteiger partial charge in [0.1, 0.15) is 11.5 Å². The van der Waals surface area contributed by atoms with Gasteiger partial charge in [0.2, 0.25) is 0 Å². The average Bonchev–Trinajstić information content (AvgIpc) is 2.81. The average molecular weight is 506 g/mol. The topological polar surface area (TPSA) is 73.9 Å². The van der Waals surface area contributed by atoms with Crippen molar-refractivity contribution in [2.75, 3.05) is 25.3 Å². The maximum Gasteiger partial charge on any atom is 0.264 e. The molecule has 36 heavy (non-hydrogen) atoms. The molecule has 0 bridgehead atoms. The Morgan fingerprint density at radius 2 is 1.83 bits per heavy atom. The number of anilines is 1. The third-order valence-corrected chi connectivity index (χ3v) is 7.20. The van der Waals surface area contributed by atoms with E-state index in [0.717, 1.165) is 56.8 Å². The molecule has 0 saturated heterocycles. The van der Waals surface area contributed by atoms with E-state index in [1.165, 1.54) is 5.57 Å². The summed E-state index contributed by atoms with van der Waals surface area (Å²) in [6.07, 6.45) is 3.45. The van der Waals surface area contributed by atoms with Crippen LogP contribution in [0.3, 0.4) is 0 Å². The van der Waals surface area contributed by atoms with E-state index in [2.05, 4.69) is 56.4 Å². The second-order valence-electron chi connectivity index (χ2n) is 9.98. The lowest BCUT2D eigenvalue weighted by Gasteiger charge is -2.37. The van der Waals surface area contributed by atoms with Crippen LogP contribution in [0.5, 0.6) is 11.5 Å². The number of hydrogen-bond acceptors (Lipinski definition) is 6. The number of hydrogen-bond donors (Lipinski definition) is 1. The Morgan fingerprint density at radius 1 is 1.06 bits per heavy atom. The molecule has 0 aromatic heterocycles. The number of methoxy groups -OCH3 is 1. The minimum absolute atomic E-state index is 0.0979. The maximum absolute atomic E-state index is 11.4. The van der Waals surface area contributed by atoms with Crippen molar-refractivity contribution in [3.63, 3.8) is 0 Å². The van der Waals surface area contributed by atoms with Gasteiger partial charge >= 0.3 is 0 Å². The molecule has 0 saturated carbocycles. The first-order chi connectivity index (χ1) is 17.1. The number of ether oxygens (including phenoxy) is 2. The normalized spacial score (nSPS) is 17.6. The van der Waals surface area contributed by atoms with Crippen molar-refractivity contribution in [1.82, 2.24) is 0 Å². The third-order valence-electron chi connectivity index (χ3n) is 6.60. The van der Waals surface area contributed by atoms with Crippen LogP contribution >= 0.6 is 0 Å². The van der Waals surface area contributed by atoms with Crippen LogP contribution in [0.15, 0.2) is 60.7 Å². The van der Waals surface area contributed by atoms with Crippen molar-refractivity contribution in [3.05, 3.63) is 82.9 Å². The van der Waals surface area contributed by atoms with Gasteiger partial charge in [-0.25, -0.2) is 0 Å². The van der Waals surface area contributed by atoms with Gasteiger partial charge in [-0.1, -0.05) is 42.5 Å². The maximum atomic E-state index is 11.4. The Bertz CT molecular complexity index is 1470. The quantitative estimate of drug-likeness (QED) is 0.416. The zero-order chi connectivity index (χ0) is 25.7. The highest BCUT2D eigenvalue weighted by Gasteiger charge is 2.35. The van der Waals surface area contributed by atoms with Gasteiger partial charge in [-0.15, -0.1) is 0 Å². The van der Waals surface area contributed by atoms with E-state index in [1.807, 2.05) is 30.3 Å². The van der Waals surface area contributed by atoms with Crippen LogP contribution in [0, 0.1) is 0 Å². The summed E-state index contributed by atoms with van der Waals surface area (Å²) >= 11 is 0. The number of nitrogens with one attached hydrogen (secondary N) is 1. The van der Waals surface area contributed by atoms with Crippen molar-refractivity contribution in [1.29, 1.82) is 0 Å². The zero-order valence-corrected chi connectivity index (χ0v) is 22.0. The van der Waals surface area contributed by atoms with E-state index in [-0.39, 0.29) is 18.2 Å². The first-order valence-corrected chi connectivity index (χ1v) is 13.8. The van der Waals surface area contributed by atoms with Crippen molar-refractivity contribution < 1.29 is 22.1 Å². The van der Waals surface area contributed by atoms with Crippen molar-refractivity contribution in [3.8, 4) is 22.6 Å². The fourth-order valence-corrected chi connectivity index (χ4v) is 5.71. The summed E-state index contributed by atoms with van der Waals surface area (Å²) < 4.78 is 40.2. The Balaban J connectivity index is 1.66. The third kappa shape index (κ3) is 4.61. The first-order valence-electron chi connectivity index (χ1n) is 12.0. The van der Waals surface area contributed by atoms with Crippen LogP contribution in [0.2, 0.25) is 0 Å². The second-order valence-corrected chi connectivity index (χ2v) is 11.6. The predicted molar refractivity (Wildman–Crippen MR) is 143 cm³/mol. The lowest BCUT2D eigenvalue weighted by molar-refractivity contribution is 0.241. The van der Waals surface area contributed by atoms with Crippen molar-refractivity contribution in [2.45, 2.75) is 38.8 Å². The van der Waals surface area contributed by atoms with E-state index in [1.54, 1.807) is 7.11 Å². The molecule has 3 aromatic carbocycles. The van der Waals surface area contributed by atoms with Crippen molar-refractivity contribution >= 4 is 21.4 Å². The van der Waals surface area contributed by atoms with Crippen LogP contribution in [0.1, 0.15) is 49.1 Å². The standard InChI is InChI=1S/C29H31NO5S/c1-18-17-29(2,3)30-22-13-12-21-26-23(33-4)10-7-11-24(26)35-28(27(21)25(18)22)20-9-6-8-19(16-20)14-15-34-36(5,31)32/h6-13,16-17,28,30H,14-15H2,1-5H3. The lowest BCUT2D eigenvalue weighted by Crippen LogP contribution is -2.32. The van der Waals surface area contributed by atoms with Gasteiger partial charge in [-0.05, 0) is 67.7 Å². The summed E-state index contributed by atoms with van der Waals surface area (Å²) in [5.74, 6) is 1.54. The molecule has 0 spiro atoms. The molecule has 188 valence electrons. The number of fused-ring (bicyclic) bond motifs is 5. The number of benzene rings is 3. The van der Waals surface area contributed by atoms with Gasteiger partial charge in [0.05, 0.1) is 31.1 Å². The van der Waals surface area contributed by atoms with Crippen LogP contribution < -0.4 is 14.8 Å². The van der Waals surface area contributed by atoms with Gasteiger partial charge < -0.3 is 14.8 Å².